The molecule has 0 bridgehead atoms. The van der Waals surface area contributed by atoms with Gasteiger partial charge in [0, 0.05) is 18.7 Å². The molecule has 0 spiro atoms. The quantitative estimate of drug-likeness (QED) is 0.752. The Kier molecular flexibility index (Phi) is 4.94. The zero-order chi connectivity index (χ0) is 15.5. The number of sulfone groups is 1. The first-order valence-electron chi connectivity index (χ1n) is 6.93. The number of aryl methyl sites for hydroxylation is 1. The van der Waals surface area contributed by atoms with E-state index in [0.717, 1.165) is 25.9 Å². The lowest BCUT2D eigenvalue weighted by molar-refractivity contribution is 0.0688. The second kappa shape index (κ2) is 6.52. The molecule has 1 aromatic rings. The molecule has 1 saturated heterocycles. The molecule has 0 aromatic carbocycles. The lowest BCUT2D eigenvalue weighted by atomic mass is 9.93. The Bertz CT molecular complexity index is 605. The first-order chi connectivity index (χ1) is 9.88. The number of hydrogen-bond donors (Lipinski definition) is 2. The Morgan fingerprint density at radius 3 is 2.67 bits per heavy atom. The number of hydrogen-bond acceptors (Lipinski definition) is 6. The third-order valence-electron chi connectivity index (χ3n) is 3.59. The van der Waals surface area contributed by atoms with Gasteiger partial charge in [-0.1, -0.05) is 5.21 Å². The highest BCUT2D eigenvalue weighted by atomic mass is 32.2. The Morgan fingerprint density at radius 1 is 1.43 bits per heavy atom. The van der Waals surface area contributed by atoms with Crippen molar-refractivity contribution < 1.29 is 18.3 Å². The molecule has 1 fully saturated rings. The van der Waals surface area contributed by atoms with Crippen molar-refractivity contribution in [3.8, 4) is 0 Å². The minimum Gasteiger partial charge on any atom is -0.476 e. The summed E-state index contributed by atoms with van der Waals surface area (Å²) in [6.07, 6.45) is 3.25. The van der Waals surface area contributed by atoms with E-state index < -0.39 is 15.8 Å². The summed E-state index contributed by atoms with van der Waals surface area (Å²) >= 11 is 0. The minimum atomic E-state index is -3.03. The van der Waals surface area contributed by atoms with Crippen molar-refractivity contribution >= 4 is 15.8 Å². The van der Waals surface area contributed by atoms with Gasteiger partial charge in [-0.3, -0.25) is 0 Å². The van der Waals surface area contributed by atoms with Crippen LogP contribution in [0.5, 0.6) is 0 Å². The van der Waals surface area contributed by atoms with Crippen molar-refractivity contribution in [2.75, 3.05) is 25.1 Å². The number of carboxylic acids is 1. The summed E-state index contributed by atoms with van der Waals surface area (Å²) < 4.78 is 23.9. The van der Waals surface area contributed by atoms with E-state index in [4.69, 9.17) is 0 Å². The zero-order valence-corrected chi connectivity index (χ0v) is 12.8. The van der Waals surface area contributed by atoms with Crippen molar-refractivity contribution in [2.45, 2.75) is 31.7 Å². The minimum absolute atomic E-state index is 0.0127. The summed E-state index contributed by atoms with van der Waals surface area (Å²) in [5, 5.41) is 20.1. The van der Waals surface area contributed by atoms with Gasteiger partial charge in [-0.05, 0) is 32.4 Å². The number of aromatic carboxylic acids is 1. The van der Waals surface area contributed by atoms with E-state index in [2.05, 4.69) is 15.6 Å². The van der Waals surface area contributed by atoms with Crippen LogP contribution in [0, 0.1) is 0 Å². The molecule has 0 unspecified atom stereocenters. The van der Waals surface area contributed by atoms with Gasteiger partial charge in [0.2, 0.25) is 0 Å². The largest absolute Gasteiger partial charge is 0.476 e. The molecule has 0 aliphatic carbocycles. The van der Waals surface area contributed by atoms with Crippen LogP contribution < -0.4 is 5.32 Å². The van der Waals surface area contributed by atoms with Crippen LogP contribution in [0.1, 0.15) is 41.4 Å². The molecule has 21 heavy (non-hydrogen) atoms. The fourth-order valence-corrected chi connectivity index (χ4v) is 3.27. The summed E-state index contributed by atoms with van der Waals surface area (Å²) in [5.74, 6) is -0.926. The van der Waals surface area contributed by atoms with E-state index in [1.54, 1.807) is 4.68 Å². The normalized spacial score (nSPS) is 17.0. The predicted octanol–water partition coefficient (Wildman–Crippen LogP) is -0.122. The highest BCUT2D eigenvalue weighted by Gasteiger charge is 2.27. The van der Waals surface area contributed by atoms with Crippen LogP contribution in [0.2, 0.25) is 0 Å². The molecule has 0 radical (unpaired) electrons. The van der Waals surface area contributed by atoms with Crippen LogP contribution in [-0.2, 0) is 16.4 Å². The lowest BCUT2D eigenvalue weighted by Crippen LogP contribution is -2.29. The number of piperidine rings is 1. The molecular formula is C12H20N4O4S. The van der Waals surface area contributed by atoms with Crippen molar-refractivity contribution in [1.29, 1.82) is 0 Å². The smallest absolute Gasteiger partial charge is 0.358 e. The second-order valence-corrected chi connectivity index (χ2v) is 7.62. The van der Waals surface area contributed by atoms with Gasteiger partial charge in [0.25, 0.3) is 0 Å². The molecule has 118 valence electrons. The molecule has 2 N–H and O–H groups in total. The van der Waals surface area contributed by atoms with Gasteiger partial charge in [0.15, 0.2) is 5.69 Å². The van der Waals surface area contributed by atoms with Gasteiger partial charge in [0.05, 0.1) is 11.4 Å². The van der Waals surface area contributed by atoms with Crippen LogP contribution in [0.15, 0.2) is 0 Å². The average Bonchev–Trinajstić information content (AvgIpc) is 2.82. The van der Waals surface area contributed by atoms with Gasteiger partial charge in [-0.2, -0.15) is 0 Å². The summed E-state index contributed by atoms with van der Waals surface area (Å²) in [4.78, 5) is 11.3. The Hall–Kier alpha value is -1.48. The standard InChI is InChI=1S/C12H20N4O4S/c1-21(19,20)8-2-7-16-11(9-3-5-13-6-4-9)10(12(17)18)14-15-16/h9,13H,2-8H2,1H3,(H,17,18). The number of rotatable bonds is 6. The maximum absolute atomic E-state index is 11.3. The van der Waals surface area contributed by atoms with Crippen LogP contribution in [-0.4, -0.2) is 59.6 Å². The first-order valence-corrected chi connectivity index (χ1v) is 8.99. The third-order valence-corrected chi connectivity index (χ3v) is 4.62. The van der Waals surface area contributed by atoms with E-state index in [1.807, 2.05) is 0 Å². The maximum Gasteiger partial charge on any atom is 0.358 e. The van der Waals surface area contributed by atoms with Gasteiger partial charge in [0.1, 0.15) is 9.84 Å². The summed E-state index contributed by atoms with van der Waals surface area (Å²) in [7, 11) is -3.03. The van der Waals surface area contributed by atoms with E-state index in [0.29, 0.717) is 18.7 Å². The molecule has 0 saturated carbocycles. The fourth-order valence-electron chi connectivity index (χ4n) is 2.61. The van der Waals surface area contributed by atoms with Gasteiger partial charge >= 0.3 is 5.97 Å². The molecule has 2 rings (SSSR count). The Morgan fingerprint density at radius 2 is 2.10 bits per heavy atom. The van der Waals surface area contributed by atoms with Crippen molar-refractivity contribution in [3.63, 3.8) is 0 Å². The monoisotopic (exact) mass is 316 g/mol. The van der Waals surface area contributed by atoms with Crippen LogP contribution in [0.25, 0.3) is 0 Å². The molecule has 0 amide bonds. The maximum atomic E-state index is 11.3. The van der Waals surface area contributed by atoms with E-state index in [-0.39, 0.29) is 17.4 Å². The number of carbonyl (C=O) groups is 1. The number of nitrogens with zero attached hydrogens (tertiary/aromatic N) is 3. The van der Waals surface area contributed by atoms with E-state index in [1.165, 1.54) is 6.26 Å². The van der Waals surface area contributed by atoms with Crippen molar-refractivity contribution in [3.05, 3.63) is 11.4 Å². The second-order valence-electron chi connectivity index (χ2n) is 5.36. The predicted molar refractivity (Wildman–Crippen MR) is 76.2 cm³/mol. The first kappa shape index (κ1) is 15.9. The highest BCUT2D eigenvalue weighted by molar-refractivity contribution is 7.90. The topological polar surface area (TPSA) is 114 Å². The van der Waals surface area contributed by atoms with Crippen molar-refractivity contribution in [2.24, 2.45) is 0 Å². The molecule has 2 heterocycles. The van der Waals surface area contributed by atoms with Gasteiger partial charge < -0.3 is 10.4 Å². The third kappa shape index (κ3) is 4.24. The summed E-state index contributed by atoms with van der Waals surface area (Å²) in [6, 6.07) is 0. The highest BCUT2D eigenvalue weighted by Crippen LogP contribution is 2.27. The molecule has 1 aliphatic heterocycles. The molecule has 1 aromatic heterocycles. The SMILES string of the molecule is CS(=O)(=O)CCCn1nnc(C(=O)O)c1C1CCNCC1. The Labute approximate surface area is 123 Å². The van der Waals surface area contributed by atoms with Crippen LogP contribution in [0.4, 0.5) is 0 Å². The van der Waals surface area contributed by atoms with Crippen molar-refractivity contribution in [1.82, 2.24) is 20.3 Å². The van der Waals surface area contributed by atoms with Crippen LogP contribution >= 0.6 is 0 Å². The fraction of sp³-hybridized carbons (Fsp3) is 0.750. The lowest BCUT2D eigenvalue weighted by Gasteiger charge is -2.23. The molecule has 0 atom stereocenters. The number of aromatic nitrogens is 3. The van der Waals surface area contributed by atoms with Gasteiger partial charge in [-0.25, -0.2) is 17.9 Å². The molecule has 9 heteroatoms. The molecular weight excluding hydrogens is 296 g/mol. The van der Waals surface area contributed by atoms with Crippen LogP contribution in [0.3, 0.4) is 0 Å². The summed E-state index contributed by atoms with van der Waals surface area (Å²) in [6.45, 7) is 2.03. The van der Waals surface area contributed by atoms with E-state index in [9.17, 15) is 18.3 Å². The average molecular weight is 316 g/mol. The summed E-state index contributed by atoms with van der Waals surface area (Å²) in [5.41, 5.74) is 0.610. The molecule has 8 nitrogen and oxygen atoms in total. The zero-order valence-electron chi connectivity index (χ0n) is 11.9. The number of carboxylic acid groups (broad SMARTS) is 1. The molecule has 1 aliphatic rings. The Balaban J connectivity index is 2.18. The number of nitrogens with one attached hydrogen (secondary N) is 1. The van der Waals surface area contributed by atoms with E-state index >= 15 is 0 Å². The van der Waals surface area contributed by atoms with Gasteiger partial charge in [-0.15, -0.1) is 5.10 Å².